The lowest BCUT2D eigenvalue weighted by atomic mass is 10.1. The van der Waals surface area contributed by atoms with E-state index in [1.165, 1.54) is 12.1 Å². The van der Waals surface area contributed by atoms with E-state index in [-0.39, 0.29) is 11.5 Å². The maximum absolute atomic E-state index is 13.9. The molecule has 0 bridgehead atoms. The zero-order valence-electron chi connectivity index (χ0n) is 11.5. The number of hydrogen-bond donors (Lipinski definition) is 1. The molecule has 3 nitrogen and oxygen atoms in total. The number of aryl methyl sites for hydroxylation is 1. The summed E-state index contributed by atoms with van der Waals surface area (Å²) in [7, 11) is 1.69. The summed E-state index contributed by atoms with van der Waals surface area (Å²) in [5, 5.41) is 0. The first-order valence-corrected chi connectivity index (χ1v) is 6.17. The van der Waals surface area contributed by atoms with Gasteiger partial charge in [-0.1, -0.05) is 20.3 Å². The minimum atomic E-state index is -0.481. The molecule has 0 saturated heterocycles. The second-order valence-corrected chi connectivity index (χ2v) is 4.90. The SMILES string of the molecule is CCC(C)CN(C)C(=O)c1cc(N)cc(C)c1F. The number of halogens is 1. The summed E-state index contributed by atoms with van der Waals surface area (Å²) in [6, 6.07) is 2.93. The number of benzene rings is 1. The van der Waals surface area contributed by atoms with Gasteiger partial charge in [-0.15, -0.1) is 0 Å². The molecule has 100 valence electrons. The van der Waals surface area contributed by atoms with Gasteiger partial charge in [0.1, 0.15) is 5.82 Å². The van der Waals surface area contributed by atoms with E-state index in [0.717, 1.165) is 6.42 Å². The second kappa shape index (κ2) is 5.85. The summed E-state index contributed by atoms with van der Waals surface area (Å²) in [6.07, 6.45) is 0.982. The summed E-state index contributed by atoms with van der Waals surface area (Å²) in [6.45, 7) is 6.35. The van der Waals surface area contributed by atoms with Crippen molar-refractivity contribution in [1.29, 1.82) is 0 Å². The van der Waals surface area contributed by atoms with Gasteiger partial charge in [0.05, 0.1) is 5.56 Å². The number of hydrogen-bond acceptors (Lipinski definition) is 2. The summed E-state index contributed by atoms with van der Waals surface area (Å²) in [5.74, 6) is -0.405. The first kappa shape index (κ1) is 14.5. The Morgan fingerprint density at radius 3 is 2.67 bits per heavy atom. The van der Waals surface area contributed by atoms with Gasteiger partial charge in [0.15, 0.2) is 0 Å². The molecule has 18 heavy (non-hydrogen) atoms. The van der Waals surface area contributed by atoms with E-state index < -0.39 is 5.82 Å². The predicted molar refractivity (Wildman–Crippen MR) is 72.0 cm³/mol. The van der Waals surface area contributed by atoms with Crippen molar-refractivity contribution in [3.05, 3.63) is 29.1 Å². The molecule has 1 amide bonds. The van der Waals surface area contributed by atoms with Gasteiger partial charge in [-0.2, -0.15) is 0 Å². The van der Waals surface area contributed by atoms with Gasteiger partial charge in [-0.05, 0) is 30.5 Å². The number of nitrogens with two attached hydrogens (primary N) is 1. The summed E-state index contributed by atoms with van der Waals surface area (Å²) < 4.78 is 13.9. The Balaban J connectivity index is 2.97. The highest BCUT2D eigenvalue weighted by Gasteiger charge is 2.19. The highest BCUT2D eigenvalue weighted by Crippen LogP contribution is 2.19. The molecule has 0 aromatic heterocycles. The summed E-state index contributed by atoms with van der Waals surface area (Å²) in [5.41, 5.74) is 6.52. The van der Waals surface area contributed by atoms with E-state index in [0.29, 0.717) is 23.7 Å². The van der Waals surface area contributed by atoms with Gasteiger partial charge in [0.25, 0.3) is 5.91 Å². The van der Waals surface area contributed by atoms with Crippen molar-refractivity contribution in [3.8, 4) is 0 Å². The van der Waals surface area contributed by atoms with Crippen LogP contribution in [0.25, 0.3) is 0 Å². The van der Waals surface area contributed by atoms with Gasteiger partial charge in [0.2, 0.25) is 0 Å². The van der Waals surface area contributed by atoms with Crippen molar-refractivity contribution < 1.29 is 9.18 Å². The van der Waals surface area contributed by atoms with E-state index in [1.807, 2.05) is 0 Å². The van der Waals surface area contributed by atoms with Crippen molar-refractivity contribution in [2.75, 3.05) is 19.3 Å². The molecule has 1 atom stereocenters. The molecule has 0 heterocycles. The third-order valence-corrected chi connectivity index (χ3v) is 3.14. The second-order valence-electron chi connectivity index (χ2n) is 4.90. The molecule has 0 aliphatic carbocycles. The molecule has 0 saturated carbocycles. The zero-order valence-corrected chi connectivity index (χ0v) is 11.5. The Morgan fingerprint density at radius 1 is 1.50 bits per heavy atom. The lowest BCUT2D eigenvalue weighted by Crippen LogP contribution is -2.31. The topological polar surface area (TPSA) is 46.3 Å². The van der Waals surface area contributed by atoms with Crippen LogP contribution in [0, 0.1) is 18.7 Å². The van der Waals surface area contributed by atoms with Crippen LogP contribution in [-0.2, 0) is 0 Å². The number of amides is 1. The first-order valence-electron chi connectivity index (χ1n) is 6.17. The molecule has 0 aliphatic heterocycles. The molecule has 0 spiro atoms. The Kier molecular flexibility index (Phi) is 4.70. The van der Waals surface area contributed by atoms with Gasteiger partial charge in [-0.3, -0.25) is 4.79 Å². The van der Waals surface area contributed by atoms with Crippen LogP contribution in [0.15, 0.2) is 12.1 Å². The molecule has 1 unspecified atom stereocenters. The van der Waals surface area contributed by atoms with Gasteiger partial charge in [0, 0.05) is 19.3 Å². The van der Waals surface area contributed by atoms with Crippen LogP contribution >= 0.6 is 0 Å². The maximum atomic E-state index is 13.9. The van der Waals surface area contributed by atoms with Crippen LogP contribution in [0.1, 0.15) is 36.2 Å². The fourth-order valence-electron chi connectivity index (χ4n) is 1.84. The highest BCUT2D eigenvalue weighted by atomic mass is 19.1. The van der Waals surface area contributed by atoms with Crippen molar-refractivity contribution in [2.24, 2.45) is 5.92 Å². The third kappa shape index (κ3) is 3.22. The monoisotopic (exact) mass is 252 g/mol. The number of nitrogen functional groups attached to an aromatic ring is 1. The Bertz CT molecular complexity index is 446. The lowest BCUT2D eigenvalue weighted by Gasteiger charge is -2.21. The van der Waals surface area contributed by atoms with E-state index in [2.05, 4.69) is 13.8 Å². The average Bonchev–Trinajstić information content (AvgIpc) is 2.32. The minimum absolute atomic E-state index is 0.0540. The molecule has 4 heteroatoms. The van der Waals surface area contributed by atoms with Crippen LogP contribution in [0.3, 0.4) is 0 Å². The molecular weight excluding hydrogens is 231 g/mol. The van der Waals surface area contributed by atoms with Crippen molar-refractivity contribution in [3.63, 3.8) is 0 Å². The fourth-order valence-corrected chi connectivity index (χ4v) is 1.84. The highest BCUT2D eigenvalue weighted by molar-refractivity contribution is 5.95. The zero-order chi connectivity index (χ0) is 13.9. The van der Waals surface area contributed by atoms with Crippen LogP contribution in [-0.4, -0.2) is 24.4 Å². The molecule has 1 rings (SSSR count). The van der Waals surface area contributed by atoms with Crippen molar-refractivity contribution in [2.45, 2.75) is 27.2 Å². The van der Waals surface area contributed by atoms with Gasteiger partial charge < -0.3 is 10.6 Å². The largest absolute Gasteiger partial charge is 0.399 e. The average molecular weight is 252 g/mol. The maximum Gasteiger partial charge on any atom is 0.256 e. The normalized spacial score (nSPS) is 12.3. The van der Waals surface area contributed by atoms with E-state index >= 15 is 0 Å². The number of nitrogens with zero attached hydrogens (tertiary/aromatic N) is 1. The first-order chi connectivity index (χ1) is 8.36. The smallest absolute Gasteiger partial charge is 0.256 e. The van der Waals surface area contributed by atoms with Crippen LogP contribution in [0.2, 0.25) is 0 Å². The number of carbonyl (C=O) groups is 1. The lowest BCUT2D eigenvalue weighted by molar-refractivity contribution is 0.0770. The van der Waals surface area contributed by atoms with E-state index in [9.17, 15) is 9.18 Å². The Morgan fingerprint density at radius 2 is 2.11 bits per heavy atom. The van der Waals surface area contributed by atoms with Crippen molar-refractivity contribution >= 4 is 11.6 Å². The number of carbonyl (C=O) groups excluding carboxylic acids is 1. The molecule has 0 aliphatic rings. The minimum Gasteiger partial charge on any atom is -0.399 e. The van der Waals surface area contributed by atoms with Crippen LogP contribution in [0.4, 0.5) is 10.1 Å². The van der Waals surface area contributed by atoms with Gasteiger partial charge >= 0.3 is 0 Å². The number of anilines is 1. The van der Waals surface area contributed by atoms with Crippen LogP contribution in [0.5, 0.6) is 0 Å². The number of rotatable bonds is 4. The Hall–Kier alpha value is -1.58. The fraction of sp³-hybridized carbons (Fsp3) is 0.500. The summed E-state index contributed by atoms with van der Waals surface area (Å²) in [4.78, 5) is 13.7. The summed E-state index contributed by atoms with van der Waals surface area (Å²) >= 11 is 0. The molecule has 0 fully saturated rings. The third-order valence-electron chi connectivity index (χ3n) is 3.14. The van der Waals surface area contributed by atoms with E-state index in [4.69, 9.17) is 5.73 Å². The molecule has 0 radical (unpaired) electrons. The van der Waals surface area contributed by atoms with E-state index in [1.54, 1.807) is 18.9 Å². The quantitative estimate of drug-likeness (QED) is 0.837. The Labute approximate surface area is 108 Å². The standard InChI is InChI=1S/C14H21FN2O/c1-5-9(2)8-17(4)14(18)12-7-11(16)6-10(3)13(12)15/h6-7,9H,5,8,16H2,1-4H3. The predicted octanol–water partition coefficient (Wildman–Crippen LogP) is 2.83. The van der Waals surface area contributed by atoms with Gasteiger partial charge in [-0.25, -0.2) is 4.39 Å². The molecular formula is C14H21FN2O. The molecule has 2 N–H and O–H groups in total. The van der Waals surface area contributed by atoms with Crippen molar-refractivity contribution in [1.82, 2.24) is 4.90 Å². The molecule has 1 aromatic carbocycles. The van der Waals surface area contributed by atoms with Crippen LogP contribution < -0.4 is 5.73 Å². The molecule has 1 aromatic rings.